The molecule has 1 aromatic heterocycles. The van der Waals surface area contributed by atoms with E-state index in [4.69, 9.17) is 5.73 Å². The number of carboxylic acid groups (broad SMARTS) is 1. The second-order valence-corrected chi connectivity index (χ2v) is 4.55. The van der Waals surface area contributed by atoms with Crippen molar-refractivity contribution >= 4 is 17.3 Å². The highest BCUT2D eigenvalue weighted by atomic mass is 32.1. The lowest BCUT2D eigenvalue weighted by Gasteiger charge is -2.26. The molecule has 1 atom stereocenters. The zero-order chi connectivity index (χ0) is 11.3. The Balaban J connectivity index is 2.63. The number of carbonyl (C=O) groups is 1. The molecule has 0 bridgehead atoms. The monoisotopic (exact) mass is 227 g/mol. The highest BCUT2D eigenvalue weighted by Crippen LogP contribution is 2.27. The van der Waals surface area contributed by atoms with Crippen molar-refractivity contribution in [1.29, 1.82) is 0 Å². The van der Waals surface area contributed by atoms with Crippen molar-refractivity contribution in [3.63, 3.8) is 0 Å². The Kier molecular flexibility index (Phi) is 4.29. The van der Waals surface area contributed by atoms with Gasteiger partial charge in [0.2, 0.25) is 0 Å². The van der Waals surface area contributed by atoms with E-state index in [2.05, 4.69) is 5.38 Å². The molecule has 3 N–H and O–H groups in total. The molecule has 0 aliphatic carbocycles. The van der Waals surface area contributed by atoms with Crippen LogP contribution in [-0.4, -0.2) is 17.6 Å². The van der Waals surface area contributed by atoms with E-state index in [1.54, 1.807) is 11.3 Å². The van der Waals surface area contributed by atoms with E-state index in [1.165, 1.54) is 5.56 Å². The number of hydrogen-bond acceptors (Lipinski definition) is 3. The van der Waals surface area contributed by atoms with Crippen LogP contribution in [0.2, 0.25) is 0 Å². The van der Waals surface area contributed by atoms with Crippen molar-refractivity contribution in [1.82, 2.24) is 0 Å². The molecule has 15 heavy (non-hydrogen) atoms. The maximum Gasteiger partial charge on any atom is 0.310 e. The van der Waals surface area contributed by atoms with E-state index in [0.29, 0.717) is 12.8 Å². The molecule has 0 aromatic carbocycles. The van der Waals surface area contributed by atoms with E-state index in [9.17, 15) is 9.90 Å². The maximum atomic E-state index is 11.2. The summed E-state index contributed by atoms with van der Waals surface area (Å²) in [5.41, 5.74) is 6.03. The first kappa shape index (κ1) is 12.2. The van der Waals surface area contributed by atoms with E-state index in [1.807, 2.05) is 18.4 Å². The number of carboxylic acids is 1. The summed E-state index contributed by atoms with van der Waals surface area (Å²) in [6, 6.07) is 2.03. The molecule has 0 aliphatic heterocycles. The molecule has 1 heterocycles. The molecule has 0 amide bonds. The topological polar surface area (TPSA) is 63.3 Å². The van der Waals surface area contributed by atoms with Crippen LogP contribution in [-0.2, 0) is 11.2 Å². The Labute approximate surface area is 93.9 Å². The number of hydrogen-bond donors (Lipinski definition) is 2. The van der Waals surface area contributed by atoms with Crippen molar-refractivity contribution in [3.8, 4) is 0 Å². The Morgan fingerprint density at radius 2 is 2.40 bits per heavy atom. The number of thiophene rings is 1. The first-order valence-electron chi connectivity index (χ1n) is 5.09. The summed E-state index contributed by atoms with van der Waals surface area (Å²) < 4.78 is 0. The molecule has 0 radical (unpaired) electrons. The van der Waals surface area contributed by atoms with Gasteiger partial charge in [-0.05, 0) is 41.7 Å². The largest absolute Gasteiger partial charge is 0.481 e. The second-order valence-electron chi connectivity index (χ2n) is 3.77. The standard InChI is InChI=1S/C11H17NO2S/c1-2-11(8-12,10(13)14)5-3-9-4-6-15-7-9/h4,6-7H,2-3,5,8,12H2,1H3,(H,13,14). The highest BCUT2D eigenvalue weighted by Gasteiger charge is 2.34. The Morgan fingerprint density at radius 3 is 2.80 bits per heavy atom. The summed E-state index contributed by atoms with van der Waals surface area (Å²) in [6.45, 7) is 2.09. The predicted octanol–water partition coefficient (Wildman–Crippen LogP) is 2.12. The average molecular weight is 227 g/mol. The Morgan fingerprint density at radius 1 is 1.67 bits per heavy atom. The minimum atomic E-state index is -0.775. The minimum Gasteiger partial charge on any atom is -0.481 e. The molecule has 0 saturated heterocycles. The third-order valence-electron chi connectivity index (χ3n) is 2.99. The number of aliphatic carboxylic acids is 1. The summed E-state index contributed by atoms with van der Waals surface area (Å²) in [4.78, 5) is 11.2. The molecule has 84 valence electrons. The zero-order valence-electron chi connectivity index (χ0n) is 8.90. The summed E-state index contributed by atoms with van der Waals surface area (Å²) >= 11 is 1.64. The van der Waals surface area contributed by atoms with Gasteiger partial charge in [0.1, 0.15) is 0 Å². The van der Waals surface area contributed by atoms with Gasteiger partial charge >= 0.3 is 5.97 Å². The quantitative estimate of drug-likeness (QED) is 0.782. The lowest BCUT2D eigenvalue weighted by molar-refractivity contribution is -0.149. The van der Waals surface area contributed by atoms with Gasteiger partial charge in [0.25, 0.3) is 0 Å². The molecular weight excluding hydrogens is 210 g/mol. The molecule has 0 aliphatic rings. The zero-order valence-corrected chi connectivity index (χ0v) is 9.72. The molecule has 3 nitrogen and oxygen atoms in total. The van der Waals surface area contributed by atoms with Crippen LogP contribution >= 0.6 is 11.3 Å². The van der Waals surface area contributed by atoms with E-state index < -0.39 is 11.4 Å². The molecule has 0 fully saturated rings. The van der Waals surface area contributed by atoms with E-state index in [0.717, 1.165) is 6.42 Å². The van der Waals surface area contributed by atoms with Gasteiger partial charge in [0.15, 0.2) is 0 Å². The van der Waals surface area contributed by atoms with Crippen molar-refractivity contribution in [2.75, 3.05) is 6.54 Å². The van der Waals surface area contributed by atoms with Gasteiger partial charge in [-0.2, -0.15) is 11.3 Å². The fourth-order valence-corrected chi connectivity index (χ4v) is 2.29. The summed E-state index contributed by atoms with van der Waals surface area (Å²) in [5, 5.41) is 13.2. The summed E-state index contributed by atoms with van der Waals surface area (Å²) in [7, 11) is 0. The van der Waals surface area contributed by atoms with Crippen LogP contribution in [0.15, 0.2) is 16.8 Å². The van der Waals surface area contributed by atoms with Crippen molar-refractivity contribution in [2.45, 2.75) is 26.2 Å². The highest BCUT2D eigenvalue weighted by molar-refractivity contribution is 7.07. The van der Waals surface area contributed by atoms with Crippen LogP contribution in [0.4, 0.5) is 0 Å². The summed E-state index contributed by atoms with van der Waals surface area (Å²) in [6.07, 6.45) is 2.00. The third kappa shape index (κ3) is 2.79. The third-order valence-corrected chi connectivity index (χ3v) is 3.73. The van der Waals surface area contributed by atoms with Crippen LogP contribution in [0.3, 0.4) is 0 Å². The van der Waals surface area contributed by atoms with Gasteiger partial charge in [-0.25, -0.2) is 0 Å². The fraction of sp³-hybridized carbons (Fsp3) is 0.545. The van der Waals surface area contributed by atoms with Crippen molar-refractivity contribution in [3.05, 3.63) is 22.4 Å². The first-order valence-corrected chi connectivity index (χ1v) is 6.03. The SMILES string of the molecule is CCC(CN)(CCc1ccsc1)C(=O)O. The Bertz CT molecular complexity index is 304. The molecule has 0 spiro atoms. The van der Waals surface area contributed by atoms with Crippen LogP contribution in [0.5, 0.6) is 0 Å². The molecule has 1 unspecified atom stereocenters. The predicted molar refractivity (Wildman–Crippen MR) is 62.1 cm³/mol. The van der Waals surface area contributed by atoms with Gasteiger partial charge in [-0.3, -0.25) is 4.79 Å². The van der Waals surface area contributed by atoms with E-state index >= 15 is 0 Å². The molecule has 1 rings (SSSR count). The number of nitrogens with two attached hydrogens (primary N) is 1. The molecular formula is C11H17NO2S. The van der Waals surface area contributed by atoms with Gasteiger partial charge in [-0.15, -0.1) is 0 Å². The Hall–Kier alpha value is -0.870. The van der Waals surface area contributed by atoms with Crippen molar-refractivity contribution < 1.29 is 9.90 Å². The molecule has 1 aromatic rings. The van der Waals surface area contributed by atoms with Crippen LogP contribution in [0.25, 0.3) is 0 Å². The van der Waals surface area contributed by atoms with Crippen molar-refractivity contribution in [2.24, 2.45) is 11.1 Å². The fourth-order valence-electron chi connectivity index (χ4n) is 1.59. The van der Waals surface area contributed by atoms with Crippen LogP contribution < -0.4 is 5.73 Å². The average Bonchev–Trinajstić information content (AvgIpc) is 2.72. The maximum absolute atomic E-state index is 11.2. The van der Waals surface area contributed by atoms with Gasteiger partial charge in [0, 0.05) is 6.54 Å². The lowest BCUT2D eigenvalue weighted by atomic mass is 9.80. The number of rotatable bonds is 6. The smallest absolute Gasteiger partial charge is 0.310 e. The van der Waals surface area contributed by atoms with E-state index in [-0.39, 0.29) is 6.54 Å². The molecule has 0 saturated carbocycles. The van der Waals surface area contributed by atoms with Crippen LogP contribution in [0.1, 0.15) is 25.3 Å². The van der Waals surface area contributed by atoms with Gasteiger partial charge in [0.05, 0.1) is 5.41 Å². The second kappa shape index (κ2) is 5.28. The molecule has 4 heteroatoms. The van der Waals surface area contributed by atoms with Crippen LogP contribution in [0, 0.1) is 5.41 Å². The first-order chi connectivity index (χ1) is 7.14. The lowest BCUT2D eigenvalue weighted by Crippen LogP contribution is -2.38. The minimum absolute atomic E-state index is 0.211. The number of aryl methyl sites for hydroxylation is 1. The van der Waals surface area contributed by atoms with Gasteiger partial charge < -0.3 is 10.8 Å². The summed E-state index contributed by atoms with van der Waals surface area (Å²) in [5.74, 6) is -0.775. The van der Waals surface area contributed by atoms with Gasteiger partial charge in [-0.1, -0.05) is 6.92 Å². The normalized spacial score (nSPS) is 14.8.